The van der Waals surface area contributed by atoms with Gasteiger partial charge in [0, 0.05) is 35.3 Å². The maximum Gasteiger partial charge on any atom is 0.397 e. The second kappa shape index (κ2) is 27.7. The number of carbonyl (C=O) groups is 3. The number of likely N-dealkylation sites (tertiary alicyclic amines) is 3. The van der Waals surface area contributed by atoms with E-state index in [1.165, 1.54) is 84.5 Å². The Morgan fingerprint density at radius 2 is 1.02 bits per heavy atom. The summed E-state index contributed by atoms with van der Waals surface area (Å²) in [6.45, 7) is 25.8. The van der Waals surface area contributed by atoms with Crippen molar-refractivity contribution >= 4 is 17.7 Å². The number of carbonyl (C=O) groups excluding carboxylic acids is 3. The molecule has 3 heterocycles. The van der Waals surface area contributed by atoms with E-state index in [0.717, 1.165) is 102 Å². The molecule has 15 heteroatoms. The second-order valence-corrected chi connectivity index (χ2v) is 26.8. The summed E-state index contributed by atoms with van der Waals surface area (Å²) in [6.07, 6.45) is 4.57. The summed E-state index contributed by atoms with van der Waals surface area (Å²) < 4.78 is 75.6. The monoisotopic (exact) mass is 1150 g/mol. The number of hydrogen-bond donors (Lipinski definition) is 1. The number of alkyl halides is 6. The van der Waals surface area contributed by atoms with E-state index in [1.807, 2.05) is 42.3 Å². The fourth-order valence-corrected chi connectivity index (χ4v) is 14.7. The van der Waals surface area contributed by atoms with Gasteiger partial charge in [-0.25, -0.2) is 0 Å². The summed E-state index contributed by atoms with van der Waals surface area (Å²) in [5, 5.41) is 3.05. The summed E-state index contributed by atoms with van der Waals surface area (Å²) in [5.74, 6) is 0.122. The van der Waals surface area contributed by atoms with Crippen molar-refractivity contribution in [2.24, 2.45) is 11.3 Å². The lowest BCUT2D eigenvalue weighted by Crippen LogP contribution is -2.47. The van der Waals surface area contributed by atoms with Gasteiger partial charge in [0.1, 0.15) is 6.42 Å². The van der Waals surface area contributed by atoms with Crippen LogP contribution in [0.25, 0.3) is 0 Å². The molecule has 3 amide bonds. The van der Waals surface area contributed by atoms with Crippen LogP contribution in [0.4, 0.5) is 26.3 Å². The van der Waals surface area contributed by atoms with Gasteiger partial charge in [-0.2, -0.15) is 26.3 Å². The standard InChI is InChI=1S/C25H37F3N2O.C22H34N2O.C20H27F3N2O.H2/c1-5-30(22(31)18-25(26,27)28)21-10-11-24(20-9-7-6-8-19(20)21)13-16-29(17-14-24)15-12-23(2,3)4;1-17(2)10-14-24-15-12-22(13-16-24)11-9-21(23(4)18(3)25)19-7-5-6-8-20(19)22;1-15(26)24-18-7-9-19(17-6-3-2-5-16(17)18)10-13-25(14-11-19)12-4-8-20(21,22)23;/h6-9,21H,5,10-18H2,1-4H3;5-8,17,21H,9-16H2,1-4H3;2-3,5-6,18H,4,7-14H2,1H3,(H,24,26);1H/t2*21-;18-;/m000./s1. The van der Waals surface area contributed by atoms with Crippen molar-refractivity contribution in [3.05, 3.63) is 106 Å². The normalized spacial score (nSPS) is 22.4. The molecule has 3 fully saturated rings. The predicted octanol–water partition coefficient (Wildman–Crippen LogP) is 15.1. The number of benzene rings is 3. The Morgan fingerprint density at radius 1 is 0.598 bits per heavy atom. The van der Waals surface area contributed by atoms with Crippen LogP contribution in [0.15, 0.2) is 72.8 Å². The van der Waals surface area contributed by atoms with Crippen LogP contribution in [0.5, 0.6) is 0 Å². The highest BCUT2D eigenvalue weighted by Gasteiger charge is 2.47. The van der Waals surface area contributed by atoms with Crippen molar-refractivity contribution in [2.75, 3.05) is 72.5 Å². The molecule has 3 aromatic carbocycles. The first kappa shape index (κ1) is 65.1. The van der Waals surface area contributed by atoms with E-state index in [4.69, 9.17) is 0 Å². The van der Waals surface area contributed by atoms with Crippen LogP contribution in [0, 0.1) is 11.3 Å². The summed E-state index contributed by atoms with van der Waals surface area (Å²) in [4.78, 5) is 46.6. The molecule has 3 atom stereocenters. The molecule has 0 aromatic heterocycles. The third kappa shape index (κ3) is 16.9. The zero-order valence-electron chi connectivity index (χ0n) is 51.1. The number of fused-ring (bicyclic) bond motifs is 6. The van der Waals surface area contributed by atoms with Gasteiger partial charge >= 0.3 is 12.4 Å². The molecule has 3 saturated heterocycles. The Kier molecular flexibility index (Phi) is 22.0. The Labute approximate surface area is 489 Å². The van der Waals surface area contributed by atoms with Gasteiger partial charge < -0.3 is 29.8 Å². The quantitative estimate of drug-likeness (QED) is 0.172. The molecule has 3 aliphatic heterocycles. The molecule has 3 spiro atoms. The number of rotatable bonds is 13. The minimum atomic E-state index is -4.47. The number of piperidine rings is 3. The van der Waals surface area contributed by atoms with Gasteiger partial charge in [-0.3, -0.25) is 14.4 Å². The third-order valence-corrected chi connectivity index (χ3v) is 19.7. The molecular weight excluding hydrogens is 1050 g/mol. The molecule has 458 valence electrons. The number of hydrogen-bond acceptors (Lipinski definition) is 6. The van der Waals surface area contributed by atoms with Crippen LogP contribution in [0.1, 0.15) is 217 Å². The topological polar surface area (TPSA) is 79.4 Å². The van der Waals surface area contributed by atoms with Gasteiger partial charge in [0.2, 0.25) is 17.7 Å². The van der Waals surface area contributed by atoms with E-state index >= 15 is 0 Å². The highest BCUT2D eigenvalue weighted by molar-refractivity contribution is 5.77. The Bertz CT molecular complexity index is 2560. The molecule has 6 aliphatic rings. The third-order valence-electron chi connectivity index (χ3n) is 19.7. The predicted molar refractivity (Wildman–Crippen MR) is 319 cm³/mol. The largest absolute Gasteiger partial charge is 0.397 e. The average Bonchev–Trinajstić information content (AvgIpc) is 3.02. The first-order valence-electron chi connectivity index (χ1n) is 31.0. The highest BCUT2D eigenvalue weighted by atomic mass is 19.4. The van der Waals surface area contributed by atoms with E-state index in [0.29, 0.717) is 23.9 Å². The fraction of sp³-hybridized carbons (Fsp3) is 0.687. The Hall–Kier alpha value is -4.47. The van der Waals surface area contributed by atoms with Crippen LogP contribution in [-0.2, 0) is 30.6 Å². The zero-order chi connectivity index (χ0) is 59.7. The Balaban J connectivity index is 0.000000200. The van der Waals surface area contributed by atoms with Crippen molar-refractivity contribution in [3.8, 4) is 0 Å². The Morgan fingerprint density at radius 3 is 1.46 bits per heavy atom. The SMILES string of the molecule is CC(=O)N(C)[C@H]1CCC2(CCN(CCC(C)C)CC2)c2ccccc21.CC(=O)N[C@H]1CCC2(CCN(CCCC(F)(F)F)CC2)c2ccccc21.CCN(C(=O)CC(F)(F)F)[C@H]1CCC2(CCN(CCC(C)(C)C)CC2)c2ccccc21.[HH]. The summed E-state index contributed by atoms with van der Waals surface area (Å²) >= 11 is 0. The van der Waals surface area contributed by atoms with Gasteiger partial charge in [0.25, 0.3) is 0 Å². The fourth-order valence-electron chi connectivity index (χ4n) is 14.7. The van der Waals surface area contributed by atoms with Crippen LogP contribution in [0.3, 0.4) is 0 Å². The lowest BCUT2D eigenvalue weighted by atomic mass is 9.63. The minimum Gasteiger partial charge on any atom is -0.350 e. The highest BCUT2D eigenvalue weighted by Crippen LogP contribution is 2.52. The van der Waals surface area contributed by atoms with Gasteiger partial charge in [-0.15, -0.1) is 0 Å². The molecule has 3 aromatic rings. The molecule has 1 N–H and O–H groups in total. The molecule has 9 nitrogen and oxygen atoms in total. The molecule has 9 rings (SSSR count). The van der Waals surface area contributed by atoms with Crippen LogP contribution in [0.2, 0.25) is 0 Å². The summed E-state index contributed by atoms with van der Waals surface area (Å²) in [5.41, 5.74) is 8.58. The first-order chi connectivity index (χ1) is 38.7. The van der Waals surface area contributed by atoms with E-state index in [2.05, 4.69) is 97.1 Å². The second-order valence-electron chi connectivity index (χ2n) is 26.8. The molecule has 0 saturated carbocycles. The molecule has 0 unspecified atom stereocenters. The van der Waals surface area contributed by atoms with Crippen molar-refractivity contribution in [2.45, 2.75) is 211 Å². The van der Waals surface area contributed by atoms with E-state index in [9.17, 15) is 40.7 Å². The van der Waals surface area contributed by atoms with E-state index in [1.54, 1.807) is 20.8 Å². The lowest BCUT2D eigenvalue weighted by molar-refractivity contribution is -0.163. The van der Waals surface area contributed by atoms with Crippen molar-refractivity contribution < 1.29 is 42.2 Å². The number of halogens is 6. The van der Waals surface area contributed by atoms with Gasteiger partial charge in [0.15, 0.2) is 0 Å². The maximum absolute atomic E-state index is 12.9. The number of amides is 3. The molecule has 82 heavy (non-hydrogen) atoms. The molecule has 0 bridgehead atoms. The minimum absolute atomic E-state index is 0. The summed E-state index contributed by atoms with van der Waals surface area (Å²) in [6, 6.07) is 25.4. The van der Waals surface area contributed by atoms with Crippen LogP contribution < -0.4 is 5.32 Å². The van der Waals surface area contributed by atoms with Crippen molar-refractivity contribution in [1.29, 1.82) is 0 Å². The maximum atomic E-state index is 12.9. The first-order valence-corrected chi connectivity index (χ1v) is 31.0. The van der Waals surface area contributed by atoms with E-state index < -0.39 is 31.1 Å². The van der Waals surface area contributed by atoms with Crippen molar-refractivity contribution in [1.82, 2.24) is 29.8 Å². The van der Waals surface area contributed by atoms with Gasteiger partial charge in [-0.05, 0) is 223 Å². The molecule has 3 aliphatic carbocycles. The van der Waals surface area contributed by atoms with Crippen LogP contribution in [-0.4, -0.2) is 127 Å². The zero-order valence-corrected chi connectivity index (χ0v) is 51.1. The van der Waals surface area contributed by atoms with Crippen LogP contribution >= 0.6 is 0 Å². The summed E-state index contributed by atoms with van der Waals surface area (Å²) in [7, 11) is 1.95. The average molecular weight is 1150 g/mol. The molecular formula is C67H100F6N6O3. The van der Waals surface area contributed by atoms with E-state index in [-0.39, 0.29) is 48.6 Å². The smallest absolute Gasteiger partial charge is 0.350 e. The number of nitrogens with one attached hydrogen (secondary N) is 1. The van der Waals surface area contributed by atoms with Gasteiger partial charge in [-0.1, -0.05) is 107 Å². The lowest BCUT2D eigenvalue weighted by Gasteiger charge is -2.49. The van der Waals surface area contributed by atoms with Gasteiger partial charge in [0.05, 0.1) is 18.1 Å². The number of nitrogens with zero attached hydrogens (tertiary/aromatic N) is 5. The molecule has 0 radical (unpaired) electrons. The van der Waals surface area contributed by atoms with Crippen molar-refractivity contribution in [3.63, 3.8) is 0 Å².